The van der Waals surface area contributed by atoms with Gasteiger partial charge in [-0.1, -0.05) is 19.8 Å². The van der Waals surface area contributed by atoms with E-state index in [4.69, 9.17) is 4.74 Å². The Morgan fingerprint density at radius 2 is 1.81 bits per heavy atom. The number of fused-ring (bicyclic) bond motifs is 3. The molecule has 0 radical (unpaired) electrons. The number of rotatable bonds is 4. The monoisotopic (exact) mass is 430 g/mol. The number of piperidine rings is 1. The SMILES string of the molecule is C[C@@]12CC[C@H]3C4CCC[C@@](C)(C(=O)NCCN5CCCCC5)[C@H]4CC[C@]3(CC(=O)O1)C2. The third-order valence-corrected chi connectivity index (χ3v) is 10.1. The van der Waals surface area contributed by atoms with E-state index in [-0.39, 0.29) is 22.4 Å². The molecule has 2 heterocycles. The van der Waals surface area contributed by atoms with E-state index in [2.05, 4.69) is 24.1 Å². The topological polar surface area (TPSA) is 58.6 Å². The summed E-state index contributed by atoms with van der Waals surface area (Å²) in [6.45, 7) is 8.53. The maximum absolute atomic E-state index is 13.5. The maximum atomic E-state index is 13.5. The van der Waals surface area contributed by atoms with E-state index in [1.165, 1.54) is 38.8 Å². The quantitative estimate of drug-likeness (QED) is 0.676. The van der Waals surface area contributed by atoms with Crippen molar-refractivity contribution in [1.82, 2.24) is 10.2 Å². The van der Waals surface area contributed by atoms with E-state index in [9.17, 15) is 9.59 Å². The van der Waals surface area contributed by atoms with Crippen molar-refractivity contribution >= 4 is 11.9 Å². The highest BCUT2D eigenvalue weighted by atomic mass is 16.6. The third-order valence-electron chi connectivity index (χ3n) is 10.1. The van der Waals surface area contributed by atoms with Gasteiger partial charge in [-0.25, -0.2) is 0 Å². The van der Waals surface area contributed by atoms with Gasteiger partial charge >= 0.3 is 5.97 Å². The molecule has 1 amide bonds. The van der Waals surface area contributed by atoms with Crippen molar-refractivity contribution in [3.8, 4) is 0 Å². The summed E-state index contributed by atoms with van der Waals surface area (Å²) in [5.41, 5.74) is -0.364. The number of carbonyl (C=O) groups is 2. The van der Waals surface area contributed by atoms with Crippen molar-refractivity contribution in [1.29, 1.82) is 0 Å². The second-order valence-electron chi connectivity index (χ2n) is 12.1. The lowest BCUT2D eigenvalue weighted by Gasteiger charge is -2.62. The highest BCUT2D eigenvalue weighted by molar-refractivity contribution is 5.82. The molecule has 174 valence electrons. The fourth-order valence-corrected chi connectivity index (χ4v) is 8.66. The van der Waals surface area contributed by atoms with Gasteiger partial charge in [-0.3, -0.25) is 9.59 Å². The van der Waals surface area contributed by atoms with E-state index in [1.807, 2.05) is 0 Å². The van der Waals surface area contributed by atoms with E-state index >= 15 is 0 Å². The van der Waals surface area contributed by atoms with Gasteiger partial charge < -0.3 is 15.0 Å². The second kappa shape index (κ2) is 8.04. The molecule has 3 saturated carbocycles. The number of amides is 1. The first kappa shape index (κ1) is 21.7. The van der Waals surface area contributed by atoms with Crippen LogP contribution < -0.4 is 5.32 Å². The minimum atomic E-state index is -0.248. The Hall–Kier alpha value is -1.10. The molecule has 2 aliphatic heterocycles. The molecule has 5 fully saturated rings. The van der Waals surface area contributed by atoms with Crippen LogP contribution in [0.2, 0.25) is 0 Å². The van der Waals surface area contributed by atoms with Crippen LogP contribution in [0.4, 0.5) is 0 Å². The molecule has 1 spiro atoms. The molecule has 0 aromatic carbocycles. The van der Waals surface area contributed by atoms with Gasteiger partial charge in [0.2, 0.25) is 5.91 Å². The number of hydrogen-bond donors (Lipinski definition) is 1. The minimum Gasteiger partial charge on any atom is -0.459 e. The predicted molar refractivity (Wildman–Crippen MR) is 120 cm³/mol. The van der Waals surface area contributed by atoms with Gasteiger partial charge in [-0.15, -0.1) is 0 Å². The number of likely N-dealkylation sites (tertiary alicyclic amines) is 1. The van der Waals surface area contributed by atoms with Gasteiger partial charge in [0.25, 0.3) is 0 Å². The molecule has 0 aromatic rings. The number of carbonyl (C=O) groups excluding carboxylic acids is 2. The molecular formula is C26H42N2O3. The molecular weight excluding hydrogens is 388 g/mol. The van der Waals surface area contributed by atoms with Crippen molar-refractivity contribution in [2.75, 3.05) is 26.2 Å². The van der Waals surface area contributed by atoms with Crippen molar-refractivity contribution in [2.24, 2.45) is 28.6 Å². The number of ether oxygens (including phenoxy) is 1. The summed E-state index contributed by atoms with van der Waals surface area (Å²) in [7, 11) is 0. The Morgan fingerprint density at radius 3 is 2.61 bits per heavy atom. The highest BCUT2D eigenvalue weighted by Gasteiger charge is 2.62. The Bertz CT molecular complexity index is 719. The van der Waals surface area contributed by atoms with Crippen LogP contribution >= 0.6 is 0 Å². The Balaban J connectivity index is 1.27. The van der Waals surface area contributed by atoms with Gasteiger partial charge in [-0.05, 0) is 101 Å². The Morgan fingerprint density at radius 1 is 1.03 bits per heavy atom. The maximum Gasteiger partial charge on any atom is 0.306 e. The van der Waals surface area contributed by atoms with E-state index in [1.54, 1.807) is 0 Å². The molecule has 1 N–H and O–H groups in total. The lowest BCUT2D eigenvalue weighted by Crippen LogP contribution is -2.60. The van der Waals surface area contributed by atoms with Crippen LogP contribution in [0.5, 0.6) is 0 Å². The van der Waals surface area contributed by atoms with E-state index in [0.717, 1.165) is 58.0 Å². The molecule has 2 bridgehead atoms. The fourth-order valence-electron chi connectivity index (χ4n) is 8.66. The van der Waals surface area contributed by atoms with Crippen molar-refractivity contribution in [3.05, 3.63) is 0 Å². The van der Waals surface area contributed by atoms with Crippen LogP contribution in [0.3, 0.4) is 0 Å². The normalized spacial score (nSPS) is 45.2. The lowest BCUT2D eigenvalue weighted by molar-refractivity contribution is -0.211. The lowest BCUT2D eigenvalue weighted by atomic mass is 9.44. The molecule has 31 heavy (non-hydrogen) atoms. The van der Waals surface area contributed by atoms with E-state index < -0.39 is 0 Å². The van der Waals surface area contributed by atoms with Crippen molar-refractivity contribution in [3.63, 3.8) is 0 Å². The summed E-state index contributed by atoms with van der Waals surface area (Å²) >= 11 is 0. The summed E-state index contributed by atoms with van der Waals surface area (Å²) < 4.78 is 5.79. The van der Waals surface area contributed by atoms with Gasteiger partial charge in [0.15, 0.2) is 0 Å². The zero-order valence-corrected chi connectivity index (χ0v) is 19.7. The largest absolute Gasteiger partial charge is 0.459 e. The molecule has 5 aliphatic rings. The molecule has 1 unspecified atom stereocenters. The standard InChI is InChI=1S/C26H42N2O3/c1-24-11-8-21-19-7-6-10-25(2,23(30)27-13-16-28-14-4-3-5-15-28)20(19)9-12-26(21,18-24)17-22(29)31-24/h19-21H,3-18H2,1-2H3,(H,27,30)/t19?,20-,21-,24-,25+,26-/m0/s1. The summed E-state index contributed by atoms with van der Waals surface area (Å²) in [6.07, 6.45) is 13.3. The first-order valence-electron chi connectivity index (χ1n) is 13.1. The summed E-state index contributed by atoms with van der Waals surface area (Å²) in [4.78, 5) is 28.5. The first-order valence-corrected chi connectivity index (χ1v) is 13.1. The summed E-state index contributed by atoms with van der Waals surface area (Å²) in [6, 6.07) is 0. The van der Waals surface area contributed by atoms with Crippen LogP contribution in [0, 0.1) is 28.6 Å². The Kier molecular flexibility index (Phi) is 5.64. The van der Waals surface area contributed by atoms with Gasteiger partial charge in [0.05, 0.1) is 6.42 Å². The van der Waals surface area contributed by atoms with Crippen LogP contribution in [0.1, 0.15) is 90.9 Å². The van der Waals surface area contributed by atoms with Crippen LogP contribution in [-0.2, 0) is 14.3 Å². The van der Waals surface area contributed by atoms with Crippen molar-refractivity contribution < 1.29 is 14.3 Å². The number of nitrogens with zero attached hydrogens (tertiary/aromatic N) is 1. The molecule has 3 aliphatic carbocycles. The van der Waals surface area contributed by atoms with Crippen LogP contribution in [0.15, 0.2) is 0 Å². The van der Waals surface area contributed by atoms with Gasteiger partial charge in [0, 0.05) is 18.5 Å². The second-order valence-corrected chi connectivity index (χ2v) is 12.1. The molecule has 6 atom stereocenters. The molecule has 0 aromatic heterocycles. The van der Waals surface area contributed by atoms with Crippen LogP contribution in [0.25, 0.3) is 0 Å². The van der Waals surface area contributed by atoms with Crippen molar-refractivity contribution in [2.45, 2.75) is 96.5 Å². The summed E-state index contributed by atoms with van der Waals surface area (Å²) in [5.74, 6) is 1.96. The first-order chi connectivity index (χ1) is 14.8. The average molecular weight is 431 g/mol. The molecule has 5 nitrogen and oxygen atoms in total. The number of esters is 1. The van der Waals surface area contributed by atoms with E-state index in [0.29, 0.717) is 30.1 Å². The molecule has 2 saturated heterocycles. The van der Waals surface area contributed by atoms with Gasteiger partial charge in [0.1, 0.15) is 5.60 Å². The van der Waals surface area contributed by atoms with Crippen LogP contribution in [-0.4, -0.2) is 48.6 Å². The molecule has 5 heteroatoms. The van der Waals surface area contributed by atoms with Gasteiger partial charge in [-0.2, -0.15) is 0 Å². The predicted octanol–water partition coefficient (Wildman–Crippen LogP) is 4.30. The molecule has 5 rings (SSSR count). The Labute approximate surface area is 188 Å². The fraction of sp³-hybridized carbons (Fsp3) is 0.923. The minimum absolute atomic E-state index is 0.0194. The average Bonchev–Trinajstić information content (AvgIpc) is 2.73. The zero-order chi connectivity index (χ0) is 21.7. The summed E-state index contributed by atoms with van der Waals surface area (Å²) in [5, 5.41) is 3.35. The number of hydrogen-bond acceptors (Lipinski definition) is 4. The number of nitrogens with one attached hydrogen (secondary N) is 1. The third kappa shape index (κ3) is 3.83. The highest BCUT2D eigenvalue weighted by Crippen LogP contribution is 2.65. The smallest absolute Gasteiger partial charge is 0.306 e. The zero-order valence-electron chi connectivity index (χ0n) is 19.7.